The van der Waals surface area contributed by atoms with Crippen LogP contribution in [0.4, 0.5) is 0 Å². The Bertz CT molecular complexity index is 1730. The molecule has 0 aromatic carbocycles. The summed E-state index contributed by atoms with van der Waals surface area (Å²) in [5.74, 6) is 0.777. The van der Waals surface area contributed by atoms with Crippen molar-refractivity contribution in [1.29, 1.82) is 0 Å². The minimum absolute atomic E-state index is 0.100. The van der Waals surface area contributed by atoms with Gasteiger partial charge in [-0.15, -0.1) is 0 Å². The smallest absolute Gasteiger partial charge is 0.462 e. The molecule has 0 aromatic rings. The molecule has 19 heteroatoms. The molecule has 0 amide bonds. The molecular weight excluding hydrogens is 1150 g/mol. The number of hydrogen-bond donors (Lipinski definition) is 3. The van der Waals surface area contributed by atoms with Gasteiger partial charge in [-0.25, -0.2) is 9.13 Å². The maximum absolute atomic E-state index is 13.0. The van der Waals surface area contributed by atoms with E-state index >= 15 is 0 Å². The SMILES string of the molecule is CCC(C)CCCCCCCCCCCCCCCCC(=O)OC[C@H](COP(=O)(O)OC[C@@H](O)COP(=O)(O)OC[C@@H](COC(=O)CCCCCCCCC(C)C)OC(=O)CCCCCCCCC(C)C)OC(=O)CCCCCCCCCCC(C)C. The molecule has 0 heterocycles. The summed E-state index contributed by atoms with van der Waals surface area (Å²) in [6, 6.07) is 0. The van der Waals surface area contributed by atoms with Crippen LogP contribution in [0.15, 0.2) is 0 Å². The number of unbranched alkanes of at least 4 members (excludes halogenated alkanes) is 30. The number of aliphatic hydroxyl groups is 1. The highest BCUT2D eigenvalue weighted by Gasteiger charge is 2.30. The molecule has 0 saturated heterocycles. The van der Waals surface area contributed by atoms with Gasteiger partial charge in [0.1, 0.15) is 19.3 Å². The average molecular weight is 1280 g/mol. The maximum Gasteiger partial charge on any atom is 0.472 e. The van der Waals surface area contributed by atoms with Crippen LogP contribution in [-0.4, -0.2) is 96.7 Å². The van der Waals surface area contributed by atoms with Crippen LogP contribution in [0.2, 0.25) is 0 Å². The number of aliphatic hydroxyl groups excluding tert-OH is 1. The Hall–Kier alpha value is -1.94. The number of rotatable bonds is 65. The normalized spacial score (nSPS) is 14.6. The number of hydrogen-bond acceptors (Lipinski definition) is 15. The van der Waals surface area contributed by atoms with Crippen LogP contribution in [0.1, 0.15) is 331 Å². The standard InChI is InChI=1S/C68H132O17P2/c1-9-61(8)47-39-31-21-16-14-12-10-11-13-15-17-22-32-40-48-65(70)78-54-63(84-67(72)50-42-34-23-19-18-20-28-36-44-58(2)3)56-82-86(74,75)80-52-62(69)53-81-87(76,77)83-57-64(85-68(73)51-43-35-27-25-30-38-46-60(6)7)55-79-66(71)49-41-33-26-24-29-37-45-59(4)5/h58-64,69H,9-57H2,1-8H3,(H,74,75)(H,76,77)/t61?,62-,63-,64-/m1/s1. The van der Waals surface area contributed by atoms with Crippen molar-refractivity contribution >= 4 is 39.5 Å². The van der Waals surface area contributed by atoms with Gasteiger partial charge in [0.15, 0.2) is 12.2 Å². The van der Waals surface area contributed by atoms with Gasteiger partial charge in [0.25, 0.3) is 0 Å². The van der Waals surface area contributed by atoms with E-state index in [9.17, 15) is 43.2 Å². The van der Waals surface area contributed by atoms with Gasteiger partial charge in [0.05, 0.1) is 26.4 Å². The number of carbonyl (C=O) groups is 4. The van der Waals surface area contributed by atoms with Crippen LogP contribution in [0.5, 0.6) is 0 Å². The van der Waals surface area contributed by atoms with E-state index in [1.165, 1.54) is 128 Å². The summed E-state index contributed by atoms with van der Waals surface area (Å²) in [4.78, 5) is 72.3. The fourth-order valence-corrected chi connectivity index (χ4v) is 11.7. The van der Waals surface area contributed by atoms with Gasteiger partial charge in [-0.2, -0.15) is 0 Å². The molecule has 3 unspecified atom stereocenters. The van der Waals surface area contributed by atoms with Gasteiger partial charge < -0.3 is 33.8 Å². The van der Waals surface area contributed by atoms with E-state index < -0.39 is 97.5 Å². The number of phosphoric ester groups is 2. The van der Waals surface area contributed by atoms with E-state index in [0.29, 0.717) is 37.5 Å². The predicted molar refractivity (Wildman–Crippen MR) is 349 cm³/mol. The molecule has 0 aromatic heterocycles. The summed E-state index contributed by atoms with van der Waals surface area (Å²) in [5, 5.41) is 10.6. The number of phosphoric acid groups is 2. The second-order valence-electron chi connectivity index (χ2n) is 26.2. The molecule has 0 rings (SSSR count). The summed E-state index contributed by atoms with van der Waals surface area (Å²) < 4.78 is 68.1. The van der Waals surface area contributed by atoms with E-state index in [1.807, 2.05) is 0 Å². The zero-order valence-electron chi connectivity index (χ0n) is 56.6. The van der Waals surface area contributed by atoms with Crippen LogP contribution < -0.4 is 0 Å². The van der Waals surface area contributed by atoms with Gasteiger partial charge in [-0.3, -0.25) is 37.3 Å². The number of carbonyl (C=O) groups excluding carboxylic acids is 4. The third-order valence-corrected chi connectivity index (χ3v) is 17.8. The van der Waals surface area contributed by atoms with Crippen LogP contribution in [0, 0.1) is 23.7 Å². The van der Waals surface area contributed by atoms with Crippen molar-refractivity contribution in [2.24, 2.45) is 23.7 Å². The summed E-state index contributed by atoms with van der Waals surface area (Å²) in [6.45, 7) is 14.0. The average Bonchev–Trinajstić information content (AvgIpc) is 3.57. The van der Waals surface area contributed by atoms with Gasteiger partial charge in [-0.05, 0) is 49.4 Å². The first-order valence-corrected chi connectivity index (χ1v) is 38.2. The largest absolute Gasteiger partial charge is 0.472 e. The van der Waals surface area contributed by atoms with E-state index in [-0.39, 0.29) is 25.7 Å². The summed E-state index contributed by atoms with van der Waals surface area (Å²) in [5.41, 5.74) is 0. The molecule has 6 atom stereocenters. The van der Waals surface area contributed by atoms with E-state index in [0.717, 1.165) is 108 Å². The first kappa shape index (κ1) is 85.1. The Morgan fingerprint density at radius 3 is 0.816 bits per heavy atom. The fourth-order valence-electron chi connectivity index (χ4n) is 10.1. The van der Waals surface area contributed by atoms with Gasteiger partial charge in [-0.1, -0.05) is 280 Å². The molecule has 0 bridgehead atoms. The van der Waals surface area contributed by atoms with Crippen molar-refractivity contribution in [2.45, 2.75) is 350 Å². The molecule has 0 radical (unpaired) electrons. The fraction of sp³-hybridized carbons (Fsp3) is 0.941. The van der Waals surface area contributed by atoms with Crippen molar-refractivity contribution in [2.75, 3.05) is 39.6 Å². The van der Waals surface area contributed by atoms with Crippen LogP contribution in [0.25, 0.3) is 0 Å². The highest BCUT2D eigenvalue weighted by molar-refractivity contribution is 7.47. The Labute approximate surface area is 530 Å². The van der Waals surface area contributed by atoms with E-state index in [4.69, 9.17) is 37.0 Å². The van der Waals surface area contributed by atoms with Crippen molar-refractivity contribution in [3.63, 3.8) is 0 Å². The molecule has 17 nitrogen and oxygen atoms in total. The molecule has 0 spiro atoms. The van der Waals surface area contributed by atoms with Crippen molar-refractivity contribution in [3.05, 3.63) is 0 Å². The van der Waals surface area contributed by atoms with Gasteiger partial charge in [0, 0.05) is 25.7 Å². The highest BCUT2D eigenvalue weighted by atomic mass is 31.2. The van der Waals surface area contributed by atoms with E-state index in [2.05, 4.69) is 55.4 Å². The Kier molecular flexibility index (Phi) is 56.6. The maximum atomic E-state index is 13.0. The molecule has 516 valence electrons. The zero-order chi connectivity index (χ0) is 64.7. The lowest BCUT2D eigenvalue weighted by molar-refractivity contribution is -0.161. The summed E-state index contributed by atoms with van der Waals surface area (Å²) >= 11 is 0. The quantitative estimate of drug-likeness (QED) is 0.0222. The minimum atomic E-state index is -4.95. The van der Waals surface area contributed by atoms with E-state index in [1.54, 1.807) is 0 Å². The van der Waals surface area contributed by atoms with Gasteiger partial charge in [0.2, 0.25) is 0 Å². The zero-order valence-corrected chi connectivity index (χ0v) is 58.4. The third-order valence-electron chi connectivity index (χ3n) is 15.9. The first-order chi connectivity index (χ1) is 41.6. The van der Waals surface area contributed by atoms with Crippen molar-refractivity contribution in [3.8, 4) is 0 Å². The molecule has 3 N–H and O–H groups in total. The summed E-state index contributed by atoms with van der Waals surface area (Å²) in [6.07, 6.45) is 39.3. The Morgan fingerprint density at radius 1 is 0.322 bits per heavy atom. The van der Waals surface area contributed by atoms with Crippen LogP contribution >= 0.6 is 15.6 Å². The second kappa shape index (κ2) is 57.9. The lowest BCUT2D eigenvalue weighted by Crippen LogP contribution is -2.30. The third kappa shape index (κ3) is 61.3. The Morgan fingerprint density at radius 2 is 0.552 bits per heavy atom. The van der Waals surface area contributed by atoms with Crippen molar-refractivity contribution in [1.82, 2.24) is 0 Å². The Balaban J connectivity index is 5.18. The van der Waals surface area contributed by atoms with Crippen LogP contribution in [-0.2, 0) is 65.4 Å². The molecule has 87 heavy (non-hydrogen) atoms. The minimum Gasteiger partial charge on any atom is -0.462 e. The molecule has 0 fully saturated rings. The number of esters is 4. The first-order valence-electron chi connectivity index (χ1n) is 35.2. The lowest BCUT2D eigenvalue weighted by atomic mass is 9.99. The monoisotopic (exact) mass is 1280 g/mol. The van der Waals surface area contributed by atoms with Crippen molar-refractivity contribution < 1.29 is 80.2 Å². The summed E-state index contributed by atoms with van der Waals surface area (Å²) in [7, 11) is -9.89. The molecular formula is C68H132O17P2. The lowest BCUT2D eigenvalue weighted by Gasteiger charge is -2.21. The topological polar surface area (TPSA) is 237 Å². The predicted octanol–water partition coefficient (Wildman–Crippen LogP) is 18.9. The molecule has 0 saturated carbocycles. The molecule has 0 aliphatic carbocycles. The highest BCUT2D eigenvalue weighted by Crippen LogP contribution is 2.45. The molecule has 0 aliphatic rings. The van der Waals surface area contributed by atoms with Crippen LogP contribution in [0.3, 0.4) is 0 Å². The second-order valence-corrected chi connectivity index (χ2v) is 29.1. The number of ether oxygens (including phenoxy) is 4. The molecule has 0 aliphatic heterocycles. The van der Waals surface area contributed by atoms with Gasteiger partial charge >= 0.3 is 39.5 Å².